The summed E-state index contributed by atoms with van der Waals surface area (Å²) in [6, 6.07) is 3.63. The SMILES string of the molecule is COc1cc(CC2CCNCC2)cc(NC(=O)OC(C)(C)C)c1O. The first kappa shape index (κ1) is 18.4. The summed E-state index contributed by atoms with van der Waals surface area (Å²) < 4.78 is 10.5. The topological polar surface area (TPSA) is 79.8 Å². The molecule has 0 spiro atoms. The number of nitrogens with one attached hydrogen (secondary N) is 2. The molecule has 1 heterocycles. The number of benzene rings is 1. The van der Waals surface area contributed by atoms with Crippen LogP contribution in [-0.2, 0) is 11.2 Å². The second kappa shape index (κ2) is 7.75. The molecular weight excluding hydrogens is 308 g/mol. The van der Waals surface area contributed by atoms with Crippen LogP contribution in [-0.4, -0.2) is 37.0 Å². The van der Waals surface area contributed by atoms with E-state index in [4.69, 9.17) is 9.47 Å². The third kappa shape index (κ3) is 5.30. The van der Waals surface area contributed by atoms with Crippen molar-refractivity contribution >= 4 is 11.8 Å². The maximum atomic E-state index is 12.0. The van der Waals surface area contributed by atoms with E-state index in [1.807, 2.05) is 6.07 Å². The highest BCUT2D eigenvalue weighted by Crippen LogP contribution is 2.37. The van der Waals surface area contributed by atoms with Crippen molar-refractivity contribution in [1.29, 1.82) is 0 Å². The number of anilines is 1. The van der Waals surface area contributed by atoms with E-state index in [1.165, 1.54) is 7.11 Å². The van der Waals surface area contributed by atoms with Crippen LogP contribution >= 0.6 is 0 Å². The van der Waals surface area contributed by atoms with Crippen molar-refractivity contribution in [2.75, 3.05) is 25.5 Å². The molecule has 1 saturated heterocycles. The number of ether oxygens (including phenoxy) is 2. The molecule has 0 atom stereocenters. The van der Waals surface area contributed by atoms with Crippen LogP contribution in [0.5, 0.6) is 11.5 Å². The normalized spacial score (nSPS) is 15.8. The monoisotopic (exact) mass is 336 g/mol. The summed E-state index contributed by atoms with van der Waals surface area (Å²) in [4.78, 5) is 12.0. The number of amides is 1. The van der Waals surface area contributed by atoms with Gasteiger partial charge < -0.3 is 19.9 Å². The maximum Gasteiger partial charge on any atom is 0.412 e. The summed E-state index contributed by atoms with van der Waals surface area (Å²) in [5.41, 5.74) is 0.742. The van der Waals surface area contributed by atoms with E-state index in [0.717, 1.165) is 37.9 Å². The standard InChI is InChI=1S/C18H28N2O4/c1-18(2,3)24-17(22)20-14-10-13(11-15(23-4)16(14)21)9-12-5-7-19-8-6-12/h10-12,19,21H,5-9H2,1-4H3,(H,20,22). The molecule has 3 N–H and O–H groups in total. The van der Waals surface area contributed by atoms with Gasteiger partial charge in [-0.3, -0.25) is 5.32 Å². The fraction of sp³-hybridized carbons (Fsp3) is 0.611. The molecule has 1 aliphatic rings. The van der Waals surface area contributed by atoms with Crippen molar-refractivity contribution in [3.63, 3.8) is 0 Å². The van der Waals surface area contributed by atoms with Gasteiger partial charge >= 0.3 is 6.09 Å². The maximum absolute atomic E-state index is 12.0. The number of phenolic OH excluding ortho intramolecular Hbond substituents is 1. The van der Waals surface area contributed by atoms with Gasteiger partial charge in [-0.25, -0.2) is 4.79 Å². The summed E-state index contributed by atoms with van der Waals surface area (Å²) in [6.07, 6.45) is 2.54. The summed E-state index contributed by atoms with van der Waals surface area (Å²) in [5.74, 6) is 0.861. The molecule has 1 aromatic carbocycles. The highest BCUT2D eigenvalue weighted by molar-refractivity contribution is 5.88. The fourth-order valence-corrected chi connectivity index (χ4v) is 2.87. The smallest absolute Gasteiger partial charge is 0.412 e. The molecule has 24 heavy (non-hydrogen) atoms. The third-order valence-electron chi connectivity index (χ3n) is 3.97. The van der Waals surface area contributed by atoms with Gasteiger partial charge in [-0.05, 0) is 76.7 Å². The van der Waals surface area contributed by atoms with Crippen molar-refractivity contribution in [3.05, 3.63) is 17.7 Å². The summed E-state index contributed by atoms with van der Waals surface area (Å²) in [6.45, 7) is 7.44. The number of hydrogen-bond acceptors (Lipinski definition) is 5. The predicted octanol–water partition coefficient (Wildman–Crippen LogP) is 3.29. The van der Waals surface area contributed by atoms with E-state index < -0.39 is 11.7 Å². The predicted molar refractivity (Wildman–Crippen MR) is 93.8 cm³/mol. The second-order valence-corrected chi connectivity index (χ2v) is 7.22. The lowest BCUT2D eigenvalue weighted by Crippen LogP contribution is -2.28. The molecule has 134 valence electrons. The number of carbonyl (C=O) groups excluding carboxylic acids is 1. The summed E-state index contributed by atoms with van der Waals surface area (Å²) >= 11 is 0. The van der Waals surface area contributed by atoms with Gasteiger partial charge in [0.25, 0.3) is 0 Å². The number of hydrogen-bond donors (Lipinski definition) is 3. The van der Waals surface area contributed by atoms with E-state index in [-0.39, 0.29) is 5.75 Å². The zero-order valence-electron chi connectivity index (χ0n) is 14.9. The first-order chi connectivity index (χ1) is 11.3. The Bertz CT molecular complexity index is 575. The van der Waals surface area contributed by atoms with Crippen LogP contribution in [0.25, 0.3) is 0 Å². The largest absolute Gasteiger partial charge is 0.503 e. The van der Waals surface area contributed by atoms with Crippen molar-refractivity contribution < 1.29 is 19.4 Å². The van der Waals surface area contributed by atoms with Gasteiger partial charge in [-0.1, -0.05) is 0 Å². The number of rotatable bonds is 4. The number of aromatic hydroxyl groups is 1. The third-order valence-corrected chi connectivity index (χ3v) is 3.97. The van der Waals surface area contributed by atoms with Gasteiger partial charge in [-0.15, -0.1) is 0 Å². The average Bonchev–Trinajstić information content (AvgIpc) is 2.49. The van der Waals surface area contributed by atoms with E-state index >= 15 is 0 Å². The quantitative estimate of drug-likeness (QED) is 0.735. The Balaban J connectivity index is 2.16. The van der Waals surface area contributed by atoms with Gasteiger partial charge in [0.15, 0.2) is 11.5 Å². The lowest BCUT2D eigenvalue weighted by atomic mass is 9.90. The molecule has 1 fully saturated rings. The van der Waals surface area contributed by atoms with Crippen LogP contribution in [0, 0.1) is 5.92 Å². The first-order valence-electron chi connectivity index (χ1n) is 8.39. The van der Waals surface area contributed by atoms with Crippen LogP contribution in [0.15, 0.2) is 12.1 Å². The van der Waals surface area contributed by atoms with Crippen molar-refractivity contribution in [2.24, 2.45) is 5.92 Å². The molecule has 6 nitrogen and oxygen atoms in total. The number of carbonyl (C=O) groups is 1. The Kier molecular flexibility index (Phi) is 5.94. The fourth-order valence-electron chi connectivity index (χ4n) is 2.87. The second-order valence-electron chi connectivity index (χ2n) is 7.22. The Morgan fingerprint density at radius 1 is 1.33 bits per heavy atom. The minimum atomic E-state index is -0.601. The van der Waals surface area contributed by atoms with Crippen LogP contribution in [0.3, 0.4) is 0 Å². The average molecular weight is 336 g/mol. The molecule has 0 unspecified atom stereocenters. The Morgan fingerprint density at radius 2 is 2.00 bits per heavy atom. The zero-order chi connectivity index (χ0) is 17.7. The van der Waals surface area contributed by atoms with Gasteiger partial charge in [-0.2, -0.15) is 0 Å². The number of phenols is 1. The van der Waals surface area contributed by atoms with Gasteiger partial charge in [0.05, 0.1) is 12.8 Å². The highest BCUT2D eigenvalue weighted by atomic mass is 16.6. The minimum absolute atomic E-state index is 0.0857. The van der Waals surface area contributed by atoms with E-state index in [9.17, 15) is 9.90 Å². The van der Waals surface area contributed by atoms with Crippen molar-refractivity contribution in [1.82, 2.24) is 5.32 Å². The van der Waals surface area contributed by atoms with Crippen LogP contribution < -0.4 is 15.4 Å². The molecule has 0 aromatic heterocycles. The van der Waals surface area contributed by atoms with Crippen LogP contribution in [0.4, 0.5) is 10.5 Å². The first-order valence-corrected chi connectivity index (χ1v) is 8.39. The molecular formula is C18H28N2O4. The molecule has 6 heteroatoms. The van der Waals surface area contributed by atoms with Gasteiger partial charge in [0.1, 0.15) is 5.60 Å². The number of methoxy groups -OCH3 is 1. The molecule has 0 bridgehead atoms. The molecule has 1 amide bonds. The lowest BCUT2D eigenvalue weighted by Gasteiger charge is -2.23. The number of piperidine rings is 1. The molecule has 0 aliphatic carbocycles. The van der Waals surface area contributed by atoms with Crippen molar-refractivity contribution in [2.45, 2.75) is 45.6 Å². The van der Waals surface area contributed by atoms with Crippen LogP contribution in [0.2, 0.25) is 0 Å². The molecule has 0 radical (unpaired) electrons. The summed E-state index contributed by atoms with van der Waals surface area (Å²) in [5, 5.41) is 16.2. The Morgan fingerprint density at radius 3 is 2.58 bits per heavy atom. The van der Waals surface area contributed by atoms with E-state index in [1.54, 1.807) is 26.8 Å². The lowest BCUT2D eigenvalue weighted by molar-refractivity contribution is 0.0635. The molecule has 1 aliphatic heterocycles. The zero-order valence-corrected chi connectivity index (χ0v) is 14.9. The Labute approximate surface area is 143 Å². The highest BCUT2D eigenvalue weighted by Gasteiger charge is 2.20. The van der Waals surface area contributed by atoms with E-state index in [0.29, 0.717) is 17.4 Å². The van der Waals surface area contributed by atoms with Gasteiger partial charge in [0, 0.05) is 0 Å². The molecule has 0 saturated carbocycles. The Hall–Kier alpha value is -1.95. The van der Waals surface area contributed by atoms with E-state index in [2.05, 4.69) is 10.6 Å². The summed E-state index contributed by atoms with van der Waals surface area (Å²) in [7, 11) is 1.50. The van der Waals surface area contributed by atoms with Gasteiger partial charge in [0.2, 0.25) is 0 Å². The molecule has 2 rings (SSSR count). The van der Waals surface area contributed by atoms with Crippen LogP contribution in [0.1, 0.15) is 39.2 Å². The minimum Gasteiger partial charge on any atom is -0.503 e. The van der Waals surface area contributed by atoms with Crippen molar-refractivity contribution in [3.8, 4) is 11.5 Å². The molecule has 1 aromatic rings.